The third kappa shape index (κ3) is 4.72. The van der Waals surface area contributed by atoms with E-state index >= 15 is 0 Å². The van der Waals surface area contributed by atoms with Crippen molar-refractivity contribution in [2.75, 3.05) is 13.7 Å². The molecule has 7 heteroatoms. The molecule has 0 fully saturated rings. The lowest BCUT2D eigenvalue weighted by Crippen LogP contribution is -2.34. The Balaban J connectivity index is 2.70. The number of dihydropyridines is 1. The smallest absolute Gasteiger partial charge is 0.336 e. The summed E-state index contributed by atoms with van der Waals surface area (Å²) in [5.41, 5.74) is 0.900. The van der Waals surface area contributed by atoms with Crippen molar-refractivity contribution in [2.24, 2.45) is 5.41 Å². The summed E-state index contributed by atoms with van der Waals surface area (Å²) in [4.78, 5) is 37.3. The van der Waals surface area contributed by atoms with Gasteiger partial charge in [-0.05, 0) is 24.0 Å². The van der Waals surface area contributed by atoms with E-state index in [9.17, 15) is 19.6 Å². The summed E-state index contributed by atoms with van der Waals surface area (Å²) in [7, 11) is 1.19. The fraction of sp³-hybridized carbons (Fsp3) is 0.364. The van der Waals surface area contributed by atoms with Crippen LogP contribution in [0, 0.1) is 16.7 Å². The molecular weight excluding hydrogens is 372 g/mol. The average Bonchev–Trinajstić information content (AvgIpc) is 2.69. The standard InChI is InChI=1S/C22H24N2O5/c1-13-17(21(27)29-12-22(2,3)4)18(15-9-7-6-8-14(15)10-23)19(20(26)28-5)16(11-25)24-13/h6-9,11,18,24H,12H2,1-5H3. The van der Waals surface area contributed by atoms with E-state index < -0.39 is 17.9 Å². The van der Waals surface area contributed by atoms with E-state index in [0.29, 0.717) is 17.5 Å². The van der Waals surface area contributed by atoms with E-state index in [1.54, 1.807) is 31.2 Å². The van der Waals surface area contributed by atoms with E-state index in [2.05, 4.69) is 11.4 Å². The Bertz CT molecular complexity index is 945. The van der Waals surface area contributed by atoms with Crippen LogP contribution in [0.4, 0.5) is 0 Å². The summed E-state index contributed by atoms with van der Waals surface area (Å²) >= 11 is 0. The molecule has 1 atom stereocenters. The SMILES string of the molecule is COC(=O)C1=C(C=O)NC(C)=C(C(=O)OCC(C)(C)C)C1c1ccccc1C#N. The van der Waals surface area contributed by atoms with Gasteiger partial charge in [-0.2, -0.15) is 5.26 Å². The van der Waals surface area contributed by atoms with Crippen molar-refractivity contribution in [1.29, 1.82) is 5.26 Å². The lowest BCUT2D eigenvalue weighted by molar-refractivity contribution is -0.142. The highest BCUT2D eigenvalue weighted by atomic mass is 16.5. The lowest BCUT2D eigenvalue weighted by atomic mass is 9.78. The Hall–Kier alpha value is -3.40. The van der Waals surface area contributed by atoms with Gasteiger partial charge in [-0.1, -0.05) is 39.0 Å². The predicted octanol–water partition coefficient (Wildman–Crippen LogP) is 2.73. The molecule has 1 N–H and O–H groups in total. The number of benzene rings is 1. The monoisotopic (exact) mass is 396 g/mol. The molecule has 0 aliphatic carbocycles. The van der Waals surface area contributed by atoms with Gasteiger partial charge in [0.25, 0.3) is 0 Å². The first-order valence-corrected chi connectivity index (χ1v) is 9.06. The maximum atomic E-state index is 13.0. The molecular formula is C22H24N2O5. The summed E-state index contributed by atoms with van der Waals surface area (Å²) in [6.45, 7) is 7.55. The van der Waals surface area contributed by atoms with Crippen LogP contribution in [0.1, 0.15) is 44.7 Å². The van der Waals surface area contributed by atoms with E-state index in [0.717, 1.165) is 0 Å². The zero-order valence-electron chi connectivity index (χ0n) is 17.2. The number of hydrogen-bond acceptors (Lipinski definition) is 7. The van der Waals surface area contributed by atoms with Crippen LogP contribution in [-0.2, 0) is 23.9 Å². The number of hydrogen-bond donors (Lipinski definition) is 1. The molecule has 1 heterocycles. The van der Waals surface area contributed by atoms with Crippen LogP contribution in [-0.4, -0.2) is 31.9 Å². The number of ether oxygens (including phenoxy) is 2. The van der Waals surface area contributed by atoms with Crippen LogP contribution < -0.4 is 5.32 Å². The first kappa shape index (κ1) is 21.9. The minimum Gasteiger partial charge on any atom is -0.466 e. The average molecular weight is 396 g/mol. The van der Waals surface area contributed by atoms with Crippen molar-refractivity contribution >= 4 is 18.2 Å². The number of nitrogens with one attached hydrogen (secondary N) is 1. The Morgan fingerprint density at radius 2 is 1.86 bits per heavy atom. The number of rotatable bonds is 5. The van der Waals surface area contributed by atoms with Crippen LogP contribution in [0.25, 0.3) is 0 Å². The second-order valence-corrected chi connectivity index (χ2v) is 7.87. The number of allylic oxidation sites excluding steroid dienone is 2. The zero-order chi connectivity index (χ0) is 21.8. The molecule has 29 heavy (non-hydrogen) atoms. The topological polar surface area (TPSA) is 105 Å². The fourth-order valence-corrected chi connectivity index (χ4v) is 3.08. The molecule has 0 bridgehead atoms. The fourth-order valence-electron chi connectivity index (χ4n) is 3.08. The lowest BCUT2D eigenvalue weighted by Gasteiger charge is -2.30. The normalized spacial score (nSPS) is 16.6. The molecule has 0 saturated carbocycles. The second kappa shape index (κ2) is 8.74. The molecule has 2 rings (SSSR count). The molecule has 1 aromatic carbocycles. The third-order valence-corrected chi connectivity index (χ3v) is 4.37. The predicted molar refractivity (Wildman–Crippen MR) is 105 cm³/mol. The van der Waals surface area contributed by atoms with Gasteiger partial charge in [-0.15, -0.1) is 0 Å². The molecule has 0 radical (unpaired) electrons. The van der Waals surface area contributed by atoms with Crippen molar-refractivity contribution in [1.82, 2.24) is 5.32 Å². The van der Waals surface area contributed by atoms with E-state index in [-0.39, 0.29) is 34.4 Å². The number of carbonyl (C=O) groups excluding carboxylic acids is 3. The molecule has 7 nitrogen and oxygen atoms in total. The highest BCUT2D eigenvalue weighted by Crippen LogP contribution is 2.40. The van der Waals surface area contributed by atoms with Gasteiger partial charge in [0.05, 0.1) is 48.1 Å². The summed E-state index contributed by atoms with van der Waals surface area (Å²) < 4.78 is 10.4. The highest BCUT2D eigenvalue weighted by Gasteiger charge is 2.40. The molecule has 1 aliphatic rings. The maximum absolute atomic E-state index is 13.0. The number of methoxy groups -OCH3 is 1. The van der Waals surface area contributed by atoms with Gasteiger partial charge < -0.3 is 14.8 Å². The summed E-state index contributed by atoms with van der Waals surface area (Å²) in [5.74, 6) is -2.38. The van der Waals surface area contributed by atoms with Crippen molar-refractivity contribution in [3.8, 4) is 6.07 Å². The highest BCUT2D eigenvalue weighted by molar-refractivity contribution is 6.03. The minimum atomic E-state index is -0.979. The van der Waals surface area contributed by atoms with Gasteiger partial charge in [0.2, 0.25) is 0 Å². The molecule has 0 amide bonds. The number of nitriles is 1. The largest absolute Gasteiger partial charge is 0.466 e. The van der Waals surface area contributed by atoms with Gasteiger partial charge >= 0.3 is 11.9 Å². The molecule has 1 aromatic rings. The van der Waals surface area contributed by atoms with Gasteiger partial charge in [-0.25, -0.2) is 9.59 Å². The Labute approximate surface area is 170 Å². The molecule has 0 saturated heterocycles. The Morgan fingerprint density at radius 1 is 1.21 bits per heavy atom. The molecule has 152 valence electrons. The number of carbonyl (C=O) groups is 3. The zero-order valence-corrected chi connectivity index (χ0v) is 17.2. The van der Waals surface area contributed by atoms with Gasteiger partial charge in [0.15, 0.2) is 6.29 Å². The number of nitrogens with zero attached hydrogens (tertiary/aromatic N) is 1. The van der Waals surface area contributed by atoms with Crippen LogP contribution in [0.15, 0.2) is 46.8 Å². The van der Waals surface area contributed by atoms with E-state index in [1.807, 2.05) is 20.8 Å². The number of esters is 2. The second-order valence-electron chi connectivity index (χ2n) is 7.87. The Morgan fingerprint density at radius 3 is 2.41 bits per heavy atom. The van der Waals surface area contributed by atoms with Crippen LogP contribution >= 0.6 is 0 Å². The maximum Gasteiger partial charge on any atom is 0.336 e. The van der Waals surface area contributed by atoms with E-state index in [1.165, 1.54) is 7.11 Å². The molecule has 1 unspecified atom stereocenters. The minimum absolute atomic E-state index is 0.0144. The van der Waals surface area contributed by atoms with Crippen LogP contribution in [0.2, 0.25) is 0 Å². The number of aldehydes is 1. The first-order valence-electron chi connectivity index (χ1n) is 9.06. The van der Waals surface area contributed by atoms with Gasteiger partial charge in [-0.3, -0.25) is 4.79 Å². The first-order chi connectivity index (χ1) is 13.6. The van der Waals surface area contributed by atoms with Gasteiger partial charge in [0.1, 0.15) is 0 Å². The molecule has 1 aliphatic heterocycles. The molecule has 0 aromatic heterocycles. The molecule has 0 spiro atoms. The van der Waals surface area contributed by atoms with Crippen molar-refractivity contribution in [3.63, 3.8) is 0 Å². The summed E-state index contributed by atoms with van der Waals surface area (Å²) in [6.07, 6.45) is 0.495. The summed E-state index contributed by atoms with van der Waals surface area (Å²) in [5, 5.41) is 12.4. The van der Waals surface area contributed by atoms with Gasteiger partial charge in [0, 0.05) is 5.70 Å². The van der Waals surface area contributed by atoms with Crippen LogP contribution in [0.5, 0.6) is 0 Å². The third-order valence-electron chi connectivity index (χ3n) is 4.37. The quantitative estimate of drug-likeness (QED) is 0.602. The van der Waals surface area contributed by atoms with E-state index in [4.69, 9.17) is 9.47 Å². The van der Waals surface area contributed by atoms with Crippen molar-refractivity contribution < 1.29 is 23.9 Å². The van der Waals surface area contributed by atoms with Crippen molar-refractivity contribution in [3.05, 3.63) is 57.9 Å². The van der Waals surface area contributed by atoms with Crippen molar-refractivity contribution in [2.45, 2.75) is 33.6 Å². The Kier molecular flexibility index (Phi) is 6.60. The van der Waals surface area contributed by atoms with Crippen LogP contribution in [0.3, 0.4) is 0 Å². The summed E-state index contributed by atoms with van der Waals surface area (Å²) in [6, 6.07) is 8.68.